The summed E-state index contributed by atoms with van der Waals surface area (Å²) in [4.78, 5) is 12.3. The van der Waals surface area contributed by atoms with Crippen molar-refractivity contribution < 1.29 is 4.79 Å². The second kappa shape index (κ2) is 8.38. The zero-order valence-electron chi connectivity index (χ0n) is 15.0. The Morgan fingerprint density at radius 1 is 1.08 bits per heavy atom. The Kier molecular flexibility index (Phi) is 5.73. The smallest absolute Gasteiger partial charge is 0.224 e. The average Bonchev–Trinajstić information content (AvgIpc) is 3.18. The number of aromatic nitrogens is 4. The van der Waals surface area contributed by atoms with Gasteiger partial charge in [0.05, 0.1) is 12.1 Å². The fraction of sp³-hybridized carbons (Fsp3) is 0.300. The van der Waals surface area contributed by atoms with Crippen molar-refractivity contribution in [3.8, 4) is 5.69 Å². The molecule has 0 unspecified atom stereocenters. The summed E-state index contributed by atoms with van der Waals surface area (Å²) in [7, 11) is 0. The van der Waals surface area contributed by atoms with E-state index in [1.54, 1.807) is 4.68 Å². The maximum Gasteiger partial charge on any atom is 0.224 e. The Balaban J connectivity index is 1.56. The minimum absolute atomic E-state index is 0.0294. The van der Waals surface area contributed by atoms with Gasteiger partial charge in [-0.1, -0.05) is 56.3 Å². The zero-order chi connectivity index (χ0) is 18.4. The summed E-state index contributed by atoms with van der Waals surface area (Å²) in [6.07, 6.45) is 1.90. The number of carbonyl (C=O) groups excluding carboxylic acids is 1. The first-order valence-electron chi connectivity index (χ1n) is 8.77. The van der Waals surface area contributed by atoms with Crippen LogP contribution in [-0.4, -0.2) is 32.7 Å². The van der Waals surface area contributed by atoms with Crippen molar-refractivity contribution in [1.29, 1.82) is 0 Å². The average molecular weight is 349 g/mol. The first kappa shape index (κ1) is 17.8. The highest BCUT2D eigenvalue weighted by Gasteiger charge is 2.16. The molecule has 0 saturated carbocycles. The summed E-state index contributed by atoms with van der Waals surface area (Å²) in [6.45, 7) is 5.01. The number of tetrazole rings is 1. The minimum atomic E-state index is 0.0294. The molecule has 134 valence electrons. The minimum Gasteiger partial charge on any atom is -0.355 e. The van der Waals surface area contributed by atoms with Gasteiger partial charge in [-0.3, -0.25) is 4.79 Å². The molecule has 3 rings (SSSR count). The van der Waals surface area contributed by atoms with Gasteiger partial charge < -0.3 is 5.32 Å². The molecule has 0 fully saturated rings. The van der Waals surface area contributed by atoms with Gasteiger partial charge in [-0.25, -0.2) is 4.68 Å². The van der Waals surface area contributed by atoms with Crippen LogP contribution in [0.25, 0.3) is 5.69 Å². The third kappa shape index (κ3) is 4.53. The summed E-state index contributed by atoms with van der Waals surface area (Å²) in [6, 6.07) is 18.0. The number of benzene rings is 2. The highest BCUT2D eigenvalue weighted by atomic mass is 16.1. The fourth-order valence-corrected chi connectivity index (χ4v) is 2.96. The molecule has 2 aromatic carbocycles. The Morgan fingerprint density at radius 3 is 2.42 bits per heavy atom. The Hall–Kier alpha value is -3.02. The maximum absolute atomic E-state index is 12.3. The van der Waals surface area contributed by atoms with Crippen molar-refractivity contribution >= 4 is 5.91 Å². The highest BCUT2D eigenvalue weighted by Crippen LogP contribution is 2.23. The normalized spacial score (nSPS) is 12.1. The monoisotopic (exact) mass is 349 g/mol. The van der Waals surface area contributed by atoms with Crippen LogP contribution in [0.4, 0.5) is 0 Å². The summed E-state index contributed by atoms with van der Waals surface area (Å²) in [5.74, 6) is 0.789. The van der Waals surface area contributed by atoms with Gasteiger partial charge in [-0.05, 0) is 39.6 Å². The number of amides is 1. The molecule has 1 aromatic heterocycles. The van der Waals surface area contributed by atoms with Crippen molar-refractivity contribution in [3.05, 3.63) is 72.1 Å². The molecule has 0 aliphatic carbocycles. The fourth-order valence-electron chi connectivity index (χ4n) is 2.96. The molecule has 6 heteroatoms. The van der Waals surface area contributed by atoms with E-state index in [0.717, 1.165) is 11.3 Å². The maximum atomic E-state index is 12.3. The van der Waals surface area contributed by atoms with E-state index in [4.69, 9.17) is 0 Å². The van der Waals surface area contributed by atoms with E-state index >= 15 is 0 Å². The standard InChI is InChI=1S/C20H23N5O/c1-15(2)19(17-6-4-3-5-7-17)13-21-20(26)12-16-8-10-18(11-9-16)25-14-22-23-24-25/h3-11,14-15,19H,12-13H2,1-2H3,(H,21,26)/t19-/m1/s1. The second-order valence-electron chi connectivity index (χ2n) is 6.66. The quantitative estimate of drug-likeness (QED) is 0.712. The molecule has 1 heterocycles. The van der Waals surface area contributed by atoms with E-state index in [-0.39, 0.29) is 5.91 Å². The van der Waals surface area contributed by atoms with Crippen LogP contribution in [0.15, 0.2) is 60.9 Å². The third-order valence-electron chi connectivity index (χ3n) is 4.47. The molecule has 0 radical (unpaired) electrons. The molecule has 6 nitrogen and oxygen atoms in total. The van der Waals surface area contributed by atoms with Gasteiger partial charge in [-0.2, -0.15) is 0 Å². The lowest BCUT2D eigenvalue weighted by molar-refractivity contribution is -0.120. The van der Waals surface area contributed by atoms with Crippen molar-refractivity contribution in [1.82, 2.24) is 25.5 Å². The first-order valence-corrected chi connectivity index (χ1v) is 8.77. The number of carbonyl (C=O) groups is 1. The third-order valence-corrected chi connectivity index (χ3v) is 4.47. The first-order chi connectivity index (χ1) is 12.6. The van der Waals surface area contributed by atoms with Crippen LogP contribution in [0.2, 0.25) is 0 Å². The number of hydrogen-bond donors (Lipinski definition) is 1. The van der Waals surface area contributed by atoms with Crippen LogP contribution in [0.3, 0.4) is 0 Å². The molecular formula is C20H23N5O. The van der Waals surface area contributed by atoms with Crippen LogP contribution < -0.4 is 5.32 Å². The van der Waals surface area contributed by atoms with Gasteiger partial charge in [-0.15, -0.1) is 5.10 Å². The molecule has 1 N–H and O–H groups in total. The van der Waals surface area contributed by atoms with Gasteiger partial charge in [0.2, 0.25) is 5.91 Å². The summed E-state index contributed by atoms with van der Waals surface area (Å²) < 4.78 is 1.58. The van der Waals surface area contributed by atoms with Crippen LogP contribution >= 0.6 is 0 Å². The number of rotatable bonds is 7. The lowest BCUT2D eigenvalue weighted by Crippen LogP contribution is -2.31. The second-order valence-corrected chi connectivity index (χ2v) is 6.66. The molecule has 0 aliphatic heterocycles. The molecule has 0 saturated heterocycles. The Morgan fingerprint density at radius 2 is 1.81 bits per heavy atom. The summed E-state index contributed by atoms with van der Waals surface area (Å²) >= 11 is 0. The van der Waals surface area contributed by atoms with E-state index in [1.807, 2.05) is 42.5 Å². The molecule has 1 amide bonds. The van der Waals surface area contributed by atoms with Gasteiger partial charge in [0, 0.05) is 12.5 Å². The lowest BCUT2D eigenvalue weighted by Gasteiger charge is -2.22. The van der Waals surface area contributed by atoms with Crippen LogP contribution in [0.1, 0.15) is 30.9 Å². The lowest BCUT2D eigenvalue weighted by atomic mass is 9.88. The Labute approximate surface area is 153 Å². The largest absolute Gasteiger partial charge is 0.355 e. The van der Waals surface area contributed by atoms with Crippen LogP contribution in [-0.2, 0) is 11.2 Å². The van der Waals surface area contributed by atoms with Crippen molar-refractivity contribution in [2.75, 3.05) is 6.54 Å². The van der Waals surface area contributed by atoms with E-state index in [1.165, 1.54) is 11.9 Å². The number of nitrogens with zero attached hydrogens (tertiary/aromatic N) is 4. The van der Waals surface area contributed by atoms with Crippen LogP contribution in [0.5, 0.6) is 0 Å². The van der Waals surface area contributed by atoms with Crippen molar-refractivity contribution in [2.24, 2.45) is 5.92 Å². The van der Waals surface area contributed by atoms with Crippen LogP contribution in [0, 0.1) is 5.92 Å². The van der Waals surface area contributed by atoms with Gasteiger partial charge >= 0.3 is 0 Å². The predicted octanol–water partition coefficient (Wildman–Crippen LogP) is 2.76. The summed E-state index contributed by atoms with van der Waals surface area (Å²) in [5.41, 5.74) is 3.08. The predicted molar refractivity (Wildman–Crippen MR) is 99.9 cm³/mol. The highest BCUT2D eigenvalue weighted by molar-refractivity contribution is 5.78. The van der Waals surface area contributed by atoms with Gasteiger partial charge in [0.1, 0.15) is 6.33 Å². The molecule has 26 heavy (non-hydrogen) atoms. The Bertz CT molecular complexity index is 813. The molecule has 1 atom stereocenters. The molecule has 0 aliphatic rings. The molecule has 0 spiro atoms. The SMILES string of the molecule is CC(C)[C@@H](CNC(=O)Cc1ccc(-n2cnnn2)cc1)c1ccccc1. The molecule has 0 bridgehead atoms. The molecular weight excluding hydrogens is 326 g/mol. The van der Waals surface area contributed by atoms with Gasteiger partial charge in [0.25, 0.3) is 0 Å². The zero-order valence-corrected chi connectivity index (χ0v) is 15.0. The topological polar surface area (TPSA) is 72.7 Å². The van der Waals surface area contributed by atoms with E-state index in [9.17, 15) is 4.79 Å². The summed E-state index contributed by atoms with van der Waals surface area (Å²) in [5, 5.41) is 14.2. The van der Waals surface area contributed by atoms with Crippen molar-refractivity contribution in [2.45, 2.75) is 26.2 Å². The van der Waals surface area contributed by atoms with E-state index < -0.39 is 0 Å². The van der Waals surface area contributed by atoms with E-state index in [2.05, 4.69) is 46.8 Å². The van der Waals surface area contributed by atoms with E-state index in [0.29, 0.717) is 24.8 Å². The number of nitrogens with one attached hydrogen (secondary N) is 1. The number of hydrogen-bond acceptors (Lipinski definition) is 4. The van der Waals surface area contributed by atoms with Crippen molar-refractivity contribution in [3.63, 3.8) is 0 Å². The molecule has 3 aromatic rings. The van der Waals surface area contributed by atoms with Gasteiger partial charge in [0.15, 0.2) is 0 Å².